The minimum atomic E-state index is -4.29. The molecule has 1 aliphatic carbocycles. The van der Waals surface area contributed by atoms with Crippen molar-refractivity contribution in [3.05, 3.63) is 131 Å². The van der Waals surface area contributed by atoms with Crippen molar-refractivity contribution < 1.29 is 61.3 Å². The first-order valence-corrected chi connectivity index (χ1v) is 24.5. The Morgan fingerprint density at radius 3 is 1.57 bits per heavy atom. The number of aliphatic hydroxyl groups is 1. The topological polar surface area (TPSA) is 162 Å². The number of esters is 1. The number of nitrogens with zero attached hydrogens (tertiary/aromatic N) is 4. The number of aryl methyl sites for hydroxylation is 2. The van der Waals surface area contributed by atoms with E-state index in [4.69, 9.17) is 4.74 Å². The predicted molar refractivity (Wildman–Crippen MR) is 251 cm³/mol. The summed E-state index contributed by atoms with van der Waals surface area (Å²) < 4.78 is 61.1. The largest absolute Gasteiger partial charge is 1.00 e. The smallest absolute Gasteiger partial charge is 1.00 e. The van der Waals surface area contributed by atoms with Gasteiger partial charge in [-0.2, -0.15) is 0 Å². The molecule has 3 aliphatic rings. The number of aliphatic hydroxyl groups excluding tert-OH is 1. The Kier molecular flexibility index (Phi) is 18.6. The van der Waals surface area contributed by atoms with Gasteiger partial charge in [-0.3, -0.25) is 0 Å². The number of urea groups is 2. The van der Waals surface area contributed by atoms with Gasteiger partial charge < -0.3 is 21.1 Å². The maximum Gasteiger partial charge on any atom is 1.00 e. The first kappa shape index (κ1) is 53.5. The van der Waals surface area contributed by atoms with Gasteiger partial charge in [0.25, 0.3) is 20.0 Å². The standard InChI is InChI=1S/C29H38N2O5S.C19H22N2O4S.Al.Li.4H/c1-19(2)25-16-13-21(4)17-27(25)36-28(32)26-18-30(22(5)23-9-7-6-8-10-23)29(33)31(26)37(34,35)24-14-11-20(3)12-15-24;1-14-8-10-18(11-9-14)26(24,25)21-17(13-22)12-20(19(21)23)15(2)16-6-4-3-5-7-16;;;;;;/h6-12,14-15,19,21-22,25-27H,13,16-18H2,1-5H3;3-11,15,17,22H,12-13H2,1-2H3;;;;;;/q;;;+1;;;;-1/t21-,22-,25+,26-,27?;15-,17-;;;;;;/m11....../s1. The molecular formula is C48H64AlLiN4O9S2. The molecule has 0 bridgehead atoms. The van der Waals surface area contributed by atoms with Crippen molar-refractivity contribution in [1.82, 2.24) is 18.4 Å². The number of carbonyl (C=O) groups excluding carboxylic acids is 3. The van der Waals surface area contributed by atoms with Gasteiger partial charge >= 0.3 is 36.9 Å². The summed E-state index contributed by atoms with van der Waals surface area (Å²) in [7, 11) is -8.32. The van der Waals surface area contributed by atoms with E-state index >= 15 is 0 Å². The van der Waals surface area contributed by atoms with Crippen molar-refractivity contribution in [1.29, 1.82) is 0 Å². The molecule has 4 aromatic rings. The summed E-state index contributed by atoms with van der Waals surface area (Å²) in [4.78, 5) is 43.3. The molecular weight excluding hydrogens is 875 g/mol. The minimum Gasteiger partial charge on any atom is -1.00 e. The van der Waals surface area contributed by atoms with Crippen LogP contribution < -0.4 is 18.9 Å². The minimum absolute atomic E-state index is 0. The van der Waals surface area contributed by atoms with Crippen molar-refractivity contribution in [2.24, 2.45) is 17.8 Å². The molecule has 7 atom stereocenters. The van der Waals surface area contributed by atoms with Gasteiger partial charge in [-0.25, -0.2) is 39.8 Å². The van der Waals surface area contributed by atoms with Gasteiger partial charge in [-0.05, 0) is 93.7 Å². The number of ether oxygens (including phenoxy) is 1. The zero-order chi connectivity index (χ0) is 45.8. The Bertz CT molecular complexity index is 2460. The van der Waals surface area contributed by atoms with Crippen molar-refractivity contribution >= 4 is 55.4 Å². The molecule has 13 nitrogen and oxygen atoms in total. The van der Waals surface area contributed by atoms with Gasteiger partial charge in [-0.15, -0.1) is 0 Å². The summed E-state index contributed by atoms with van der Waals surface area (Å²) in [5.41, 5.74) is 3.59. The van der Waals surface area contributed by atoms with E-state index < -0.39 is 62.8 Å². The molecule has 4 aromatic carbocycles. The Morgan fingerprint density at radius 2 is 1.12 bits per heavy atom. The number of benzene rings is 4. The fourth-order valence-electron chi connectivity index (χ4n) is 8.73. The summed E-state index contributed by atoms with van der Waals surface area (Å²) in [6.07, 6.45) is 2.48. The molecule has 0 spiro atoms. The average Bonchev–Trinajstić information content (AvgIpc) is 3.81. The molecule has 65 heavy (non-hydrogen) atoms. The second kappa shape index (κ2) is 22.6. The summed E-state index contributed by atoms with van der Waals surface area (Å²) in [6, 6.07) is 27.4. The third-order valence-electron chi connectivity index (χ3n) is 12.6. The molecule has 2 heterocycles. The molecule has 2 aliphatic heterocycles. The number of amides is 4. The number of hydrogen-bond donors (Lipinski definition) is 1. The zero-order valence-electron chi connectivity index (χ0n) is 39.1. The van der Waals surface area contributed by atoms with E-state index in [9.17, 15) is 36.3 Å². The fourth-order valence-corrected chi connectivity index (χ4v) is 11.8. The van der Waals surface area contributed by atoms with Crippen LogP contribution in [0.15, 0.2) is 119 Å². The normalized spacial score (nSPS) is 22.1. The first-order chi connectivity index (χ1) is 29.9. The van der Waals surface area contributed by atoms with E-state index in [0.29, 0.717) is 11.8 Å². The molecule has 1 unspecified atom stereocenters. The molecule has 1 N–H and O–H groups in total. The Morgan fingerprint density at radius 1 is 0.692 bits per heavy atom. The summed E-state index contributed by atoms with van der Waals surface area (Å²) in [5, 5.41) is 9.69. The van der Waals surface area contributed by atoms with E-state index in [0.717, 1.165) is 50.1 Å². The first-order valence-electron chi connectivity index (χ1n) is 21.6. The summed E-state index contributed by atoms with van der Waals surface area (Å²) in [5.74, 6) is 0.299. The van der Waals surface area contributed by atoms with Crippen molar-refractivity contribution in [3.63, 3.8) is 0 Å². The zero-order valence-corrected chi connectivity index (χ0v) is 39.7. The Balaban J connectivity index is 0.000000353. The van der Waals surface area contributed by atoms with Gasteiger partial charge in [0.15, 0.2) is 23.4 Å². The fraction of sp³-hybridized carbons (Fsp3) is 0.438. The van der Waals surface area contributed by atoms with Gasteiger partial charge in [0.05, 0.1) is 41.1 Å². The van der Waals surface area contributed by atoms with Crippen molar-refractivity contribution in [2.75, 3.05) is 19.7 Å². The number of carbonyl (C=O) groups is 3. The average molecular weight is 939 g/mol. The van der Waals surface area contributed by atoms with Crippen LogP contribution in [0, 0.1) is 31.6 Å². The number of hydrogen-bond acceptors (Lipinski definition) is 9. The monoisotopic (exact) mass is 938 g/mol. The van der Waals surface area contributed by atoms with Crippen LogP contribution in [-0.2, 0) is 29.6 Å². The molecule has 3 fully saturated rings. The molecule has 0 radical (unpaired) electrons. The second-order valence-corrected chi connectivity index (χ2v) is 21.1. The third kappa shape index (κ3) is 11.7. The van der Waals surface area contributed by atoms with E-state index in [1.54, 1.807) is 24.3 Å². The molecule has 346 valence electrons. The van der Waals surface area contributed by atoms with Crippen molar-refractivity contribution in [2.45, 2.75) is 108 Å². The second-order valence-electron chi connectivity index (χ2n) is 17.4. The van der Waals surface area contributed by atoms with E-state index in [-0.39, 0.29) is 78.6 Å². The summed E-state index contributed by atoms with van der Waals surface area (Å²) in [6.45, 7) is 13.5. The van der Waals surface area contributed by atoms with Crippen LogP contribution in [0.5, 0.6) is 0 Å². The van der Waals surface area contributed by atoms with Gasteiger partial charge in [0.2, 0.25) is 0 Å². The maximum absolute atomic E-state index is 13.8. The van der Waals surface area contributed by atoms with E-state index in [1.165, 1.54) is 34.1 Å². The summed E-state index contributed by atoms with van der Waals surface area (Å²) >= 11 is 0. The molecule has 4 amide bonds. The van der Waals surface area contributed by atoms with E-state index in [2.05, 4.69) is 20.8 Å². The molecule has 17 heteroatoms. The van der Waals surface area contributed by atoms with Crippen LogP contribution in [-0.4, -0.2) is 114 Å². The third-order valence-corrected chi connectivity index (χ3v) is 16.3. The van der Waals surface area contributed by atoms with Crippen LogP contribution >= 0.6 is 0 Å². The van der Waals surface area contributed by atoms with Crippen LogP contribution in [0.1, 0.15) is 89.6 Å². The number of sulfonamides is 2. The van der Waals surface area contributed by atoms with Crippen LogP contribution in [0.3, 0.4) is 0 Å². The van der Waals surface area contributed by atoms with Crippen LogP contribution in [0.4, 0.5) is 9.59 Å². The molecule has 1 saturated carbocycles. The van der Waals surface area contributed by atoms with Gasteiger partial charge in [0.1, 0.15) is 6.10 Å². The van der Waals surface area contributed by atoms with Crippen molar-refractivity contribution in [3.8, 4) is 0 Å². The van der Waals surface area contributed by atoms with Crippen LogP contribution in [0.2, 0.25) is 0 Å². The van der Waals surface area contributed by atoms with Crippen LogP contribution in [0.25, 0.3) is 0 Å². The van der Waals surface area contributed by atoms with Gasteiger partial charge in [-0.1, -0.05) is 123 Å². The SMILES string of the molecule is Cc1ccc(S(=O)(=O)N2C(=O)N([C@H](C)c3ccccc3)C[C@@H]2C(=O)OC2C[C@H](C)CC[C@H]2C(C)C)cc1.Cc1ccc(S(=O)(=O)N2C(=O)N([C@H](C)c3ccccc3)C[C@@H]2CO)cc1.[AlH3].[H-].[Li+]. The molecule has 2 saturated heterocycles. The molecule has 7 rings (SSSR count). The molecule has 0 aromatic heterocycles. The van der Waals surface area contributed by atoms with Gasteiger partial charge in [0, 0.05) is 6.54 Å². The maximum atomic E-state index is 13.8. The van der Waals surface area contributed by atoms with E-state index in [1.807, 2.05) is 88.4 Å². The number of rotatable bonds is 12. The quantitative estimate of drug-likeness (QED) is 0.163. The Labute approximate surface area is 409 Å². The predicted octanol–water partition coefficient (Wildman–Crippen LogP) is 4.03. The Hall–Kier alpha value is -4.12.